The summed E-state index contributed by atoms with van der Waals surface area (Å²) in [7, 11) is 1.57. The third-order valence-electron chi connectivity index (χ3n) is 5.09. The van der Waals surface area contributed by atoms with Gasteiger partial charge in [-0.2, -0.15) is 13.2 Å². The van der Waals surface area contributed by atoms with Gasteiger partial charge in [0.1, 0.15) is 11.2 Å². The Morgan fingerprint density at radius 1 is 1.30 bits per heavy atom. The van der Waals surface area contributed by atoms with Crippen molar-refractivity contribution in [2.24, 2.45) is 5.73 Å². The standard InChI is InChI=1S/C17H21F3N2O/c1-10-12(23-3)6-7-15(2,21)14(10)11-4-5-13(22-11)16(8-9-16)17(18,19)20/h4-7,14,22H,8-9,21H2,1-3H3. The first-order valence-electron chi connectivity index (χ1n) is 7.61. The second-order valence-corrected chi connectivity index (χ2v) is 6.79. The lowest BCUT2D eigenvalue weighted by molar-refractivity contribution is -0.161. The molecule has 0 aliphatic heterocycles. The number of rotatable bonds is 3. The molecule has 0 amide bonds. The van der Waals surface area contributed by atoms with Gasteiger partial charge in [0.2, 0.25) is 0 Å². The molecule has 0 saturated heterocycles. The maximum absolute atomic E-state index is 13.3. The van der Waals surface area contributed by atoms with Crippen molar-refractivity contribution >= 4 is 0 Å². The second-order valence-electron chi connectivity index (χ2n) is 6.79. The Hall–Kier alpha value is -1.69. The van der Waals surface area contributed by atoms with E-state index in [9.17, 15) is 13.2 Å². The predicted octanol–water partition coefficient (Wildman–Crippen LogP) is 3.90. The van der Waals surface area contributed by atoms with Crippen LogP contribution in [0.25, 0.3) is 0 Å². The van der Waals surface area contributed by atoms with Crippen molar-refractivity contribution < 1.29 is 17.9 Å². The highest BCUT2D eigenvalue weighted by Crippen LogP contribution is 2.58. The lowest BCUT2D eigenvalue weighted by Gasteiger charge is -2.35. The zero-order valence-electron chi connectivity index (χ0n) is 13.4. The molecule has 0 aromatic carbocycles. The van der Waals surface area contributed by atoms with Gasteiger partial charge in [-0.25, -0.2) is 0 Å². The molecule has 0 spiro atoms. The number of H-pyrrole nitrogens is 1. The molecule has 1 fully saturated rings. The summed E-state index contributed by atoms with van der Waals surface area (Å²) in [6.07, 6.45) is -0.303. The van der Waals surface area contributed by atoms with Gasteiger partial charge >= 0.3 is 6.18 Å². The van der Waals surface area contributed by atoms with Crippen LogP contribution in [0.4, 0.5) is 13.2 Å². The highest BCUT2D eigenvalue weighted by Gasteiger charge is 2.65. The van der Waals surface area contributed by atoms with Gasteiger partial charge in [-0.1, -0.05) is 6.08 Å². The Balaban J connectivity index is 2.00. The lowest BCUT2D eigenvalue weighted by atomic mass is 9.76. The lowest BCUT2D eigenvalue weighted by Crippen LogP contribution is -2.43. The molecule has 2 atom stereocenters. The zero-order chi connectivity index (χ0) is 17.0. The maximum atomic E-state index is 13.3. The molecule has 1 aromatic rings. The molecule has 23 heavy (non-hydrogen) atoms. The van der Waals surface area contributed by atoms with E-state index >= 15 is 0 Å². The van der Waals surface area contributed by atoms with Crippen LogP contribution in [0.15, 0.2) is 35.6 Å². The van der Waals surface area contributed by atoms with Crippen molar-refractivity contribution in [3.63, 3.8) is 0 Å². The van der Waals surface area contributed by atoms with Crippen LogP contribution < -0.4 is 5.73 Å². The number of nitrogens with two attached hydrogens (primary N) is 1. The first-order chi connectivity index (χ1) is 10.6. The summed E-state index contributed by atoms with van der Waals surface area (Å²) in [4.78, 5) is 3.00. The minimum absolute atomic E-state index is 0.138. The molecule has 0 radical (unpaired) electrons. The average molecular weight is 326 g/mol. The van der Waals surface area contributed by atoms with Gasteiger partial charge in [-0.05, 0) is 50.5 Å². The fourth-order valence-corrected chi connectivity index (χ4v) is 3.58. The monoisotopic (exact) mass is 326 g/mol. The Labute approximate surface area is 133 Å². The van der Waals surface area contributed by atoms with E-state index in [2.05, 4.69) is 4.98 Å². The molecule has 2 aliphatic carbocycles. The quantitative estimate of drug-likeness (QED) is 0.885. The topological polar surface area (TPSA) is 51.0 Å². The molecule has 3 N–H and O–H groups in total. The van der Waals surface area contributed by atoms with Gasteiger partial charge in [0.15, 0.2) is 0 Å². The number of aromatic amines is 1. The Morgan fingerprint density at radius 2 is 1.96 bits per heavy atom. The zero-order valence-corrected chi connectivity index (χ0v) is 13.4. The molecular weight excluding hydrogens is 305 g/mol. The third-order valence-corrected chi connectivity index (χ3v) is 5.09. The molecular formula is C17H21F3N2O. The van der Waals surface area contributed by atoms with Crippen molar-refractivity contribution in [1.29, 1.82) is 0 Å². The highest BCUT2D eigenvalue weighted by atomic mass is 19.4. The van der Waals surface area contributed by atoms with Crippen LogP contribution in [0.1, 0.15) is 44.0 Å². The first kappa shape index (κ1) is 16.2. The van der Waals surface area contributed by atoms with E-state index in [0.29, 0.717) is 11.5 Å². The molecule has 0 bridgehead atoms. The second kappa shape index (κ2) is 4.90. The number of methoxy groups -OCH3 is 1. The summed E-state index contributed by atoms with van der Waals surface area (Å²) in [6.45, 7) is 3.76. The van der Waals surface area contributed by atoms with Gasteiger partial charge < -0.3 is 15.5 Å². The van der Waals surface area contributed by atoms with Gasteiger partial charge in [0.05, 0.1) is 7.11 Å². The number of alkyl halides is 3. The largest absolute Gasteiger partial charge is 0.497 e. The van der Waals surface area contributed by atoms with Gasteiger partial charge in [0.25, 0.3) is 0 Å². The van der Waals surface area contributed by atoms with Gasteiger partial charge in [-0.3, -0.25) is 0 Å². The van der Waals surface area contributed by atoms with E-state index in [1.165, 1.54) is 0 Å². The number of ether oxygens (including phenoxy) is 1. The van der Waals surface area contributed by atoms with E-state index in [-0.39, 0.29) is 24.5 Å². The SMILES string of the molecule is COC1=C(C)C(c2ccc(C3(C(F)(F)F)CC3)[nH]2)C(C)(N)C=C1. The van der Waals surface area contributed by atoms with E-state index in [0.717, 1.165) is 5.57 Å². The van der Waals surface area contributed by atoms with Crippen LogP contribution in [0.2, 0.25) is 0 Å². The van der Waals surface area contributed by atoms with Crippen LogP contribution in [-0.2, 0) is 10.2 Å². The Morgan fingerprint density at radius 3 is 2.48 bits per heavy atom. The minimum atomic E-state index is -4.23. The molecule has 2 aliphatic rings. The Bertz CT molecular complexity index is 678. The van der Waals surface area contributed by atoms with Crippen molar-refractivity contribution in [2.45, 2.75) is 49.7 Å². The maximum Gasteiger partial charge on any atom is 0.399 e. The van der Waals surface area contributed by atoms with Crippen molar-refractivity contribution in [3.05, 3.63) is 47.0 Å². The fraction of sp³-hybridized carbons (Fsp3) is 0.529. The number of nitrogens with one attached hydrogen (secondary N) is 1. The molecule has 3 nitrogen and oxygen atoms in total. The Kier molecular flexibility index (Phi) is 3.45. The van der Waals surface area contributed by atoms with E-state index in [1.807, 2.05) is 26.0 Å². The van der Waals surface area contributed by atoms with Crippen LogP contribution >= 0.6 is 0 Å². The molecule has 1 aromatic heterocycles. The van der Waals surface area contributed by atoms with E-state index in [4.69, 9.17) is 10.5 Å². The number of hydrogen-bond donors (Lipinski definition) is 2. The van der Waals surface area contributed by atoms with Crippen molar-refractivity contribution in [2.75, 3.05) is 7.11 Å². The third kappa shape index (κ3) is 2.40. The van der Waals surface area contributed by atoms with E-state index in [1.54, 1.807) is 19.2 Å². The van der Waals surface area contributed by atoms with Gasteiger partial charge in [0, 0.05) is 22.8 Å². The first-order valence-corrected chi connectivity index (χ1v) is 7.61. The number of aromatic nitrogens is 1. The average Bonchev–Trinajstić information content (AvgIpc) is 3.13. The minimum Gasteiger partial charge on any atom is -0.497 e. The number of hydrogen-bond acceptors (Lipinski definition) is 2. The summed E-state index contributed by atoms with van der Waals surface area (Å²) in [6, 6.07) is 3.26. The summed E-state index contributed by atoms with van der Waals surface area (Å²) in [5.74, 6) is 0.450. The number of halogens is 3. The normalized spacial score (nSPS) is 29.8. The van der Waals surface area contributed by atoms with Crippen molar-refractivity contribution in [3.8, 4) is 0 Å². The van der Waals surface area contributed by atoms with Crippen LogP contribution in [0, 0.1) is 0 Å². The molecule has 126 valence electrons. The summed E-state index contributed by atoms with van der Waals surface area (Å²) in [5, 5.41) is 0. The van der Waals surface area contributed by atoms with Gasteiger partial charge in [-0.15, -0.1) is 0 Å². The fourth-order valence-electron chi connectivity index (χ4n) is 3.58. The van der Waals surface area contributed by atoms with E-state index < -0.39 is 17.1 Å². The smallest absolute Gasteiger partial charge is 0.399 e. The van der Waals surface area contributed by atoms with Crippen molar-refractivity contribution in [1.82, 2.24) is 4.98 Å². The summed E-state index contributed by atoms with van der Waals surface area (Å²) >= 11 is 0. The number of allylic oxidation sites excluding steroid dienone is 1. The summed E-state index contributed by atoms with van der Waals surface area (Å²) < 4.78 is 45.2. The van der Waals surface area contributed by atoms with Crippen LogP contribution in [0.5, 0.6) is 0 Å². The molecule has 6 heteroatoms. The molecule has 1 saturated carbocycles. The van der Waals surface area contributed by atoms with Crippen LogP contribution in [-0.4, -0.2) is 23.8 Å². The highest BCUT2D eigenvalue weighted by molar-refractivity contribution is 5.43. The molecule has 3 rings (SSSR count). The molecule has 1 heterocycles. The van der Waals surface area contributed by atoms with Crippen LogP contribution in [0.3, 0.4) is 0 Å². The molecule has 2 unspecified atom stereocenters. The summed E-state index contributed by atoms with van der Waals surface area (Å²) in [5.41, 5.74) is 5.80. The predicted molar refractivity (Wildman–Crippen MR) is 81.9 cm³/mol.